The Morgan fingerprint density at radius 2 is 0.943 bits per heavy atom. The summed E-state index contributed by atoms with van der Waals surface area (Å²) >= 11 is 3.38. The van der Waals surface area contributed by atoms with Crippen molar-refractivity contribution in [1.82, 2.24) is 0 Å². The first-order valence-corrected chi connectivity index (χ1v) is 24.1. The Kier molecular flexibility index (Phi) is 17.2. The SMILES string of the molecule is COc1ccc(CSc2ccc(OCC(=O)O)c3c2CCC3)cc1OCc1ccc(C(F)(F)F)cc1.O=C(O)COc1ccc(SCc2cccc(OCc3ccc(C(F)(F)F)cc3)c2)c2c1CCC2. The average molecular weight is 1010 g/mol. The summed E-state index contributed by atoms with van der Waals surface area (Å²) in [6, 6.07) is 30.8. The molecule has 6 aromatic carbocycles. The second-order valence-corrected chi connectivity index (χ2v) is 18.3. The lowest BCUT2D eigenvalue weighted by Gasteiger charge is -2.15. The van der Waals surface area contributed by atoms with E-state index in [1.165, 1.54) is 42.5 Å². The molecule has 0 atom stereocenters. The number of carbonyl (C=O) groups is 2. The van der Waals surface area contributed by atoms with Crippen LogP contribution >= 0.6 is 23.5 Å². The summed E-state index contributed by atoms with van der Waals surface area (Å²) in [5.74, 6) is 2.38. The van der Waals surface area contributed by atoms with Crippen LogP contribution < -0.4 is 23.7 Å². The van der Waals surface area contributed by atoms with E-state index >= 15 is 0 Å². The van der Waals surface area contributed by atoms with Crippen molar-refractivity contribution in [2.75, 3.05) is 20.3 Å². The van der Waals surface area contributed by atoms with Crippen molar-refractivity contribution in [3.05, 3.63) is 171 Å². The van der Waals surface area contributed by atoms with E-state index in [9.17, 15) is 35.9 Å². The van der Waals surface area contributed by atoms with Gasteiger partial charge < -0.3 is 33.9 Å². The van der Waals surface area contributed by atoms with Crippen LogP contribution in [0.3, 0.4) is 0 Å². The molecule has 2 aliphatic carbocycles. The molecule has 8 rings (SSSR count). The fourth-order valence-corrected chi connectivity index (χ4v) is 10.1. The molecule has 0 saturated carbocycles. The van der Waals surface area contributed by atoms with Gasteiger partial charge >= 0.3 is 24.3 Å². The summed E-state index contributed by atoms with van der Waals surface area (Å²) < 4.78 is 104. The number of aliphatic carboxylic acids is 2. The van der Waals surface area contributed by atoms with Gasteiger partial charge in [0.25, 0.3) is 0 Å². The molecular weight excluding hydrogens is 959 g/mol. The Morgan fingerprint density at radius 3 is 1.41 bits per heavy atom. The predicted octanol–water partition coefficient (Wildman–Crippen LogP) is 13.1. The van der Waals surface area contributed by atoms with Crippen LogP contribution in [0.1, 0.15) is 68.5 Å². The molecule has 70 heavy (non-hydrogen) atoms. The molecule has 0 bridgehead atoms. The van der Waals surface area contributed by atoms with Crippen molar-refractivity contribution in [3.63, 3.8) is 0 Å². The Balaban J connectivity index is 0.000000207. The van der Waals surface area contributed by atoms with Crippen LogP contribution in [0.15, 0.2) is 125 Å². The van der Waals surface area contributed by atoms with Crippen molar-refractivity contribution in [2.24, 2.45) is 0 Å². The van der Waals surface area contributed by atoms with Crippen molar-refractivity contribution in [1.29, 1.82) is 0 Å². The number of halogens is 6. The molecule has 0 heterocycles. The molecule has 2 aliphatic rings. The molecule has 0 saturated heterocycles. The molecular formula is C53H48F6O9S2. The third kappa shape index (κ3) is 14.1. The third-order valence-electron chi connectivity index (χ3n) is 11.4. The van der Waals surface area contributed by atoms with Crippen LogP contribution in [0.25, 0.3) is 0 Å². The first-order chi connectivity index (χ1) is 33.5. The Labute approximate surface area is 409 Å². The van der Waals surface area contributed by atoms with Crippen LogP contribution in [0, 0.1) is 0 Å². The lowest BCUT2D eigenvalue weighted by molar-refractivity contribution is -0.140. The van der Waals surface area contributed by atoms with Gasteiger partial charge in [-0.3, -0.25) is 0 Å². The van der Waals surface area contributed by atoms with E-state index in [-0.39, 0.29) is 26.4 Å². The normalized spacial score (nSPS) is 12.8. The van der Waals surface area contributed by atoms with Gasteiger partial charge in [-0.05, 0) is 156 Å². The number of benzene rings is 6. The van der Waals surface area contributed by atoms with E-state index in [2.05, 4.69) is 0 Å². The summed E-state index contributed by atoms with van der Waals surface area (Å²) in [4.78, 5) is 24.0. The Morgan fingerprint density at radius 1 is 0.500 bits per heavy atom. The number of hydrogen-bond acceptors (Lipinski definition) is 9. The maximum atomic E-state index is 12.8. The number of thioether (sulfide) groups is 2. The van der Waals surface area contributed by atoms with Crippen LogP contribution in [0.5, 0.6) is 28.7 Å². The lowest BCUT2D eigenvalue weighted by Crippen LogP contribution is -2.10. The zero-order valence-corrected chi connectivity index (χ0v) is 39.4. The Hall–Kier alpha value is -6.46. The van der Waals surface area contributed by atoms with Crippen molar-refractivity contribution in [2.45, 2.75) is 85.4 Å². The quantitative estimate of drug-likeness (QED) is 0.0596. The van der Waals surface area contributed by atoms with Gasteiger partial charge in [0.05, 0.1) is 18.2 Å². The highest BCUT2D eigenvalue weighted by Gasteiger charge is 2.31. The highest BCUT2D eigenvalue weighted by Crippen LogP contribution is 2.41. The average Bonchev–Trinajstić information content (AvgIpc) is 4.05. The van der Waals surface area contributed by atoms with E-state index in [4.69, 9.17) is 33.9 Å². The van der Waals surface area contributed by atoms with Gasteiger partial charge in [0.15, 0.2) is 24.7 Å². The van der Waals surface area contributed by atoms with Gasteiger partial charge in [0, 0.05) is 21.3 Å². The molecule has 9 nitrogen and oxygen atoms in total. The maximum absolute atomic E-state index is 12.8. The number of ether oxygens (including phenoxy) is 5. The van der Waals surface area contributed by atoms with Gasteiger partial charge in [-0.25, -0.2) is 9.59 Å². The van der Waals surface area contributed by atoms with Gasteiger partial charge in [0.1, 0.15) is 30.5 Å². The zero-order valence-electron chi connectivity index (χ0n) is 37.8. The van der Waals surface area contributed by atoms with E-state index in [0.29, 0.717) is 45.6 Å². The fourth-order valence-electron chi connectivity index (χ4n) is 7.98. The van der Waals surface area contributed by atoms with E-state index in [1.807, 2.05) is 66.7 Å². The zero-order chi connectivity index (χ0) is 49.8. The lowest BCUT2D eigenvalue weighted by atomic mass is 10.1. The first-order valence-electron chi connectivity index (χ1n) is 22.1. The third-order valence-corrected chi connectivity index (χ3v) is 13.7. The van der Waals surface area contributed by atoms with Crippen LogP contribution in [0.4, 0.5) is 26.3 Å². The van der Waals surface area contributed by atoms with Crippen molar-refractivity contribution < 1.29 is 69.8 Å². The minimum atomic E-state index is -4.37. The number of rotatable bonds is 19. The number of carboxylic acid groups (broad SMARTS) is 2. The smallest absolute Gasteiger partial charge is 0.416 e. The van der Waals surface area contributed by atoms with Crippen molar-refractivity contribution >= 4 is 35.5 Å². The summed E-state index contributed by atoms with van der Waals surface area (Å²) in [5, 5.41) is 17.8. The second kappa shape index (κ2) is 23.4. The monoisotopic (exact) mass is 1010 g/mol. The summed E-state index contributed by atoms with van der Waals surface area (Å²) in [6.07, 6.45) is -3.10. The van der Waals surface area contributed by atoms with Gasteiger partial charge in [-0.2, -0.15) is 26.3 Å². The Bertz CT molecular complexity index is 2760. The van der Waals surface area contributed by atoms with E-state index in [0.717, 1.165) is 101 Å². The van der Waals surface area contributed by atoms with E-state index < -0.39 is 35.4 Å². The molecule has 17 heteroatoms. The highest BCUT2D eigenvalue weighted by atomic mass is 32.2. The number of methoxy groups -OCH3 is 1. The summed E-state index contributed by atoms with van der Waals surface area (Å²) in [6.45, 7) is -0.422. The van der Waals surface area contributed by atoms with Gasteiger partial charge in [-0.15, -0.1) is 23.5 Å². The molecule has 0 spiro atoms. The molecule has 0 amide bonds. The molecule has 6 aromatic rings. The topological polar surface area (TPSA) is 121 Å². The number of hydrogen-bond donors (Lipinski definition) is 2. The number of fused-ring (bicyclic) bond motifs is 2. The van der Waals surface area contributed by atoms with Gasteiger partial charge in [0.2, 0.25) is 0 Å². The first kappa shape index (κ1) is 51.4. The number of alkyl halides is 6. The highest BCUT2D eigenvalue weighted by molar-refractivity contribution is 7.98. The molecule has 0 fully saturated rings. The van der Waals surface area contributed by atoms with Crippen molar-refractivity contribution in [3.8, 4) is 28.7 Å². The van der Waals surface area contributed by atoms with Gasteiger partial charge in [-0.1, -0.05) is 42.5 Å². The second-order valence-electron chi connectivity index (χ2n) is 16.3. The predicted molar refractivity (Wildman–Crippen MR) is 253 cm³/mol. The van der Waals surface area contributed by atoms with Crippen LogP contribution in [0.2, 0.25) is 0 Å². The van der Waals surface area contributed by atoms with Crippen LogP contribution in [-0.4, -0.2) is 42.5 Å². The summed E-state index contributed by atoms with van der Waals surface area (Å²) in [7, 11) is 1.53. The fraction of sp³-hybridized carbons (Fsp3) is 0.283. The summed E-state index contributed by atoms with van der Waals surface area (Å²) in [5.41, 5.74) is 6.57. The molecule has 0 aliphatic heterocycles. The largest absolute Gasteiger partial charge is 0.493 e. The molecule has 368 valence electrons. The maximum Gasteiger partial charge on any atom is 0.416 e. The molecule has 0 radical (unpaired) electrons. The standard InChI is InChI=1S/C27H25F3O5S.C26H23F3O4S/c1-33-23-10-7-18(13-24(23)34-14-17-5-8-19(9-6-17)27(28,29)30)16-36-25-12-11-22(35-15-26(31)32)20-3-2-4-21(20)25;27-26(28,29)19-9-7-17(8-10-19)14-32-20-4-1-3-18(13-20)16-34-24-12-11-23(33-15-25(30)31)21-5-2-6-22(21)24/h5-13H,2-4,14-16H2,1H3,(H,31,32);1,3-4,7-13H,2,5-6,14-16H2,(H,30,31). The molecule has 0 unspecified atom stereocenters. The molecule has 0 aromatic heterocycles. The number of carboxylic acids is 2. The minimum Gasteiger partial charge on any atom is -0.493 e. The minimum absolute atomic E-state index is 0.108. The van der Waals surface area contributed by atoms with Crippen LogP contribution in [-0.2, 0) is 72.3 Å². The van der Waals surface area contributed by atoms with E-state index in [1.54, 1.807) is 23.5 Å². The molecule has 2 N–H and O–H groups in total.